The summed E-state index contributed by atoms with van der Waals surface area (Å²) in [6, 6.07) is 0. The highest BCUT2D eigenvalue weighted by molar-refractivity contribution is 7.09. The maximum Gasteiger partial charge on any atom is 0.230 e. The van der Waals surface area contributed by atoms with Gasteiger partial charge in [-0.25, -0.2) is 4.98 Å². The molecule has 0 aromatic carbocycles. The fourth-order valence-electron chi connectivity index (χ4n) is 2.47. The van der Waals surface area contributed by atoms with E-state index in [1.165, 1.54) is 0 Å². The van der Waals surface area contributed by atoms with Crippen LogP contribution in [0, 0.1) is 12.3 Å². The molecule has 1 aliphatic heterocycles. The third kappa shape index (κ3) is 4.79. The first-order valence-corrected chi connectivity index (χ1v) is 7.40. The number of aryl methyl sites for hydroxylation is 1. The van der Waals surface area contributed by atoms with Crippen molar-refractivity contribution in [3.63, 3.8) is 0 Å². The van der Waals surface area contributed by atoms with Crippen molar-refractivity contribution < 1.29 is 9.53 Å². The Kier molecular flexibility index (Phi) is 8.73. The molecule has 8 heteroatoms. The summed E-state index contributed by atoms with van der Waals surface area (Å²) in [5, 5.41) is 3.02. The van der Waals surface area contributed by atoms with E-state index >= 15 is 0 Å². The third-order valence-corrected chi connectivity index (χ3v) is 4.53. The molecule has 0 bridgehead atoms. The van der Waals surface area contributed by atoms with Crippen LogP contribution in [-0.2, 0) is 16.1 Å². The highest BCUT2D eigenvalue weighted by Crippen LogP contribution is 2.31. The molecular formula is C13H23Cl2N3O2S. The molecule has 0 saturated carbocycles. The van der Waals surface area contributed by atoms with Crippen molar-refractivity contribution in [3.8, 4) is 0 Å². The number of rotatable bonds is 4. The van der Waals surface area contributed by atoms with E-state index in [-0.39, 0.29) is 30.7 Å². The largest absolute Gasteiger partial charge is 0.381 e. The van der Waals surface area contributed by atoms with E-state index in [9.17, 15) is 4.79 Å². The number of nitrogens with zero attached hydrogens (tertiary/aromatic N) is 2. The monoisotopic (exact) mass is 355 g/mol. The van der Waals surface area contributed by atoms with Gasteiger partial charge in [0.15, 0.2) is 0 Å². The van der Waals surface area contributed by atoms with Gasteiger partial charge in [-0.15, -0.1) is 36.2 Å². The van der Waals surface area contributed by atoms with E-state index in [0.717, 1.165) is 10.7 Å². The Morgan fingerprint density at radius 3 is 2.57 bits per heavy atom. The molecule has 122 valence electrons. The van der Waals surface area contributed by atoms with Gasteiger partial charge in [-0.2, -0.15) is 0 Å². The first kappa shape index (κ1) is 20.6. The van der Waals surface area contributed by atoms with Crippen molar-refractivity contribution in [1.29, 1.82) is 0 Å². The molecule has 1 amide bonds. The Bertz CT molecular complexity index is 450. The maximum atomic E-state index is 12.6. The lowest BCUT2D eigenvalue weighted by Crippen LogP contribution is -2.49. The molecule has 1 aromatic rings. The molecule has 1 saturated heterocycles. The summed E-state index contributed by atoms with van der Waals surface area (Å²) in [6.45, 7) is 4.14. The first-order chi connectivity index (χ1) is 9.07. The molecule has 5 nitrogen and oxygen atoms in total. The Balaban J connectivity index is 0.00000200. The van der Waals surface area contributed by atoms with Crippen LogP contribution in [0.15, 0.2) is 5.38 Å². The molecule has 21 heavy (non-hydrogen) atoms. The molecular weight excluding hydrogens is 333 g/mol. The maximum absolute atomic E-state index is 12.6. The second-order valence-electron chi connectivity index (χ2n) is 5.12. The van der Waals surface area contributed by atoms with Gasteiger partial charge in [0.25, 0.3) is 0 Å². The smallest absolute Gasteiger partial charge is 0.230 e. The summed E-state index contributed by atoms with van der Waals surface area (Å²) >= 11 is 1.60. The van der Waals surface area contributed by atoms with Crippen LogP contribution in [0.1, 0.15) is 23.5 Å². The number of carbonyl (C=O) groups is 1. The van der Waals surface area contributed by atoms with Crippen LogP contribution in [-0.4, -0.2) is 42.6 Å². The molecule has 0 radical (unpaired) electrons. The summed E-state index contributed by atoms with van der Waals surface area (Å²) in [7, 11) is 1.82. The molecule has 2 rings (SSSR count). The summed E-state index contributed by atoms with van der Waals surface area (Å²) < 4.78 is 5.34. The topological polar surface area (TPSA) is 68.5 Å². The minimum atomic E-state index is -0.446. The highest BCUT2D eigenvalue weighted by atomic mass is 35.5. The Labute approximate surface area is 142 Å². The fourth-order valence-corrected chi connectivity index (χ4v) is 3.07. The molecule has 1 aliphatic rings. The number of amides is 1. The van der Waals surface area contributed by atoms with Crippen molar-refractivity contribution in [2.24, 2.45) is 11.1 Å². The molecule has 1 fully saturated rings. The van der Waals surface area contributed by atoms with E-state index in [2.05, 4.69) is 4.98 Å². The molecule has 0 unspecified atom stereocenters. The first-order valence-electron chi connectivity index (χ1n) is 6.52. The van der Waals surface area contributed by atoms with Crippen molar-refractivity contribution in [2.45, 2.75) is 26.3 Å². The van der Waals surface area contributed by atoms with Gasteiger partial charge in [-0.3, -0.25) is 4.79 Å². The van der Waals surface area contributed by atoms with Crippen LogP contribution < -0.4 is 5.73 Å². The zero-order valence-electron chi connectivity index (χ0n) is 12.3. The van der Waals surface area contributed by atoms with Gasteiger partial charge < -0.3 is 15.4 Å². The van der Waals surface area contributed by atoms with Crippen LogP contribution in [0.3, 0.4) is 0 Å². The van der Waals surface area contributed by atoms with Crippen molar-refractivity contribution in [2.75, 3.05) is 26.8 Å². The normalized spacial score (nSPS) is 16.5. The van der Waals surface area contributed by atoms with E-state index in [0.29, 0.717) is 39.1 Å². The van der Waals surface area contributed by atoms with E-state index in [1.807, 2.05) is 19.4 Å². The summed E-state index contributed by atoms with van der Waals surface area (Å²) in [6.07, 6.45) is 1.42. The predicted octanol–water partition coefficient (Wildman–Crippen LogP) is 2.01. The minimum absolute atomic E-state index is 0. The van der Waals surface area contributed by atoms with Crippen LogP contribution in [0.5, 0.6) is 0 Å². The molecule has 0 atom stereocenters. The zero-order chi connectivity index (χ0) is 13.9. The third-order valence-electron chi connectivity index (χ3n) is 3.71. The lowest BCUT2D eigenvalue weighted by Gasteiger charge is -2.37. The Hall–Kier alpha value is -0.400. The number of halogens is 2. The Morgan fingerprint density at radius 1 is 1.48 bits per heavy atom. The van der Waals surface area contributed by atoms with Gasteiger partial charge >= 0.3 is 0 Å². The van der Waals surface area contributed by atoms with Gasteiger partial charge in [-0.1, -0.05) is 0 Å². The SMILES string of the molecule is Cc1nc(CN(C)C(=O)C2(CN)CCOCC2)cs1.Cl.Cl. The lowest BCUT2D eigenvalue weighted by molar-refractivity contribution is -0.146. The van der Waals surface area contributed by atoms with Crippen LogP contribution in [0.2, 0.25) is 0 Å². The molecule has 0 spiro atoms. The number of hydrogen-bond donors (Lipinski definition) is 1. The van der Waals surface area contributed by atoms with Crippen molar-refractivity contribution in [1.82, 2.24) is 9.88 Å². The Morgan fingerprint density at radius 2 is 2.10 bits per heavy atom. The summed E-state index contributed by atoms with van der Waals surface area (Å²) in [4.78, 5) is 18.8. The quantitative estimate of drug-likeness (QED) is 0.896. The summed E-state index contributed by atoms with van der Waals surface area (Å²) in [5.74, 6) is 0.115. The predicted molar refractivity (Wildman–Crippen MR) is 89.4 cm³/mol. The van der Waals surface area contributed by atoms with Gasteiger partial charge in [0.1, 0.15) is 0 Å². The average molecular weight is 356 g/mol. The average Bonchev–Trinajstić information content (AvgIpc) is 2.84. The van der Waals surface area contributed by atoms with Gasteiger partial charge in [-0.05, 0) is 19.8 Å². The molecule has 2 heterocycles. The number of carbonyl (C=O) groups excluding carboxylic acids is 1. The van der Waals surface area contributed by atoms with Crippen LogP contribution in [0.25, 0.3) is 0 Å². The number of hydrogen-bond acceptors (Lipinski definition) is 5. The van der Waals surface area contributed by atoms with Crippen molar-refractivity contribution >= 4 is 42.1 Å². The minimum Gasteiger partial charge on any atom is -0.381 e. The lowest BCUT2D eigenvalue weighted by atomic mass is 9.79. The van der Waals surface area contributed by atoms with E-state index < -0.39 is 5.41 Å². The fraction of sp³-hybridized carbons (Fsp3) is 0.692. The second kappa shape index (κ2) is 8.90. The molecule has 1 aromatic heterocycles. The van der Waals surface area contributed by atoms with E-state index in [1.54, 1.807) is 16.2 Å². The van der Waals surface area contributed by atoms with Gasteiger partial charge in [0.2, 0.25) is 5.91 Å². The number of thiazole rings is 1. The van der Waals surface area contributed by atoms with E-state index in [4.69, 9.17) is 10.5 Å². The zero-order valence-corrected chi connectivity index (χ0v) is 14.8. The van der Waals surface area contributed by atoms with Crippen molar-refractivity contribution in [3.05, 3.63) is 16.1 Å². The number of aromatic nitrogens is 1. The second-order valence-corrected chi connectivity index (χ2v) is 6.18. The number of nitrogens with two attached hydrogens (primary N) is 1. The molecule has 0 aliphatic carbocycles. The molecule has 2 N–H and O–H groups in total. The summed E-state index contributed by atoms with van der Waals surface area (Å²) in [5.41, 5.74) is 6.35. The standard InChI is InChI=1S/C13H21N3O2S.2ClH/c1-10-15-11(8-19-10)7-16(2)12(17)13(9-14)3-5-18-6-4-13;;/h8H,3-7,9,14H2,1-2H3;2*1H. The highest BCUT2D eigenvalue weighted by Gasteiger charge is 2.40. The van der Waals surface area contributed by atoms with Gasteiger partial charge in [0, 0.05) is 32.2 Å². The number of ether oxygens (including phenoxy) is 1. The van der Waals surface area contributed by atoms with Gasteiger partial charge in [0.05, 0.1) is 22.7 Å². The van der Waals surface area contributed by atoms with Crippen LogP contribution >= 0.6 is 36.2 Å². The van der Waals surface area contributed by atoms with Crippen LogP contribution in [0.4, 0.5) is 0 Å².